The lowest BCUT2D eigenvalue weighted by atomic mass is 9.86. The zero-order chi connectivity index (χ0) is 8.43. The van der Waals surface area contributed by atoms with Gasteiger partial charge in [0, 0.05) is 0 Å². The number of rotatable bonds is 1. The van der Waals surface area contributed by atoms with Crippen LogP contribution in [0.1, 0.15) is 19.3 Å². The first-order valence-electron chi connectivity index (χ1n) is 3.66. The maximum Gasteiger partial charge on any atom is 0.306 e. The second kappa shape index (κ2) is 3.17. The number of aliphatic hydroxyl groups is 1. The van der Waals surface area contributed by atoms with Crippen molar-refractivity contribution in [1.29, 1.82) is 0 Å². The van der Waals surface area contributed by atoms with E-state index in [2.05, 4.69) is 0 Å². The highest BCUT2D eigenvalue weighted by atomic mass is 19.1. The maximum atomic E-state index is 12.6. The number of hydrogen-bond acceptors (Lipinski definition) is 2. The Bertz CT molecular complexity index is 160. The number of carbonyl (C=O) groups is 1. The van der Waals surface area contributed by atoms with Crippen LogP contribution in [0.25, 0.3) is 0 Å². The molecule has 0 heterocycles. The van der Waals surface area contributed by atoms with E-state index in [4.69, 9.17) is 10.2 Å². The predicted molar refractivity (Wildman–Crippen MR) is 35.9 cm³/mol. The zero-order valence-corrected chi connectivity index (χ0v) is 6.03. The normalized spacial score (nSPS) is 38.5. The molecule has 1 aliphatic rings. The third-order valence-electron chi connectivity index (χ3n) is 2.08. The molecule has 0 aromatic rings. The first-order chi connectivity index (χ1) is 5.11. The first kappa shape index (κ1) is 8.46. The van der Waals surface area contributed by atoms with Gasteiger partial charge in [-0.2, -0.15) is 0 Å². The molecule has 1 rings (SSSR count). The van der Waals surface area contributed by atoms with E-state index in [-0.39, 0.29) is 12.8 Å². The Balaban J connectivity index is 2.46. The van der Waals surface area contributed by atoms with Gasteiger partial charge in [-0.05, 0) is 19.3 Å². The molecule has 0 aromatic heterocycles. The smallest absolute Gasteiger partial charge is 0.306 e. The number of alkyl halides is 1. The highest BCUT2D eigenvalue weighted by Gasteiger charge is 2.32. The molecule has 3 atom stereocenters. The van der Waals surface area contributed by atoms with Crippen molar-refractivity contribution in [3.63, 3.8) is 0 Å². The SMILES string of the molecule is O=C(O)C1CCC(F)[C@@H](O)C1. The highest BCUT2D eigenvalue weighted by molar-refractivity contribution is 5.70. The van der Waals surface area contributed by atoms with Crippen molar-refractivity contribution < 1.29 is 19.4 Å². The minimum Gasteiger partial charge on any atom is -0.481 e. The molecule has 3 nitrogen and oxygen atoms in total. The Labute approximate surface area is 63.8 Å². The number of aliphatic carboxylic acids is 1. The summed E-state index contributed by atoms with van der Waals surface area (Å²) < 4.78 is 12.6. The average molecular weight is 162 g/mol. The molecule has 0 amide bonds. The van der Waals surface area contributed by atoms with Gasteiger partial charge in [0.1, 0.15) is 6.17 Å². The topological polar surface area (TPSA) is 57.5 Å². The van der Waals surface area contributed by atoms with Gasteiger partial charge >= 0.3 is 5.97 Å². The molecule has 0 radical (unpaired) electrons. The summed E-state index contributed by atoms with van der Waals surface area (Å²) in [5, 5.41) is 17.5. The summed E-state index contributed by atoms with van der Waals surface area (Å²) >= 11 is 0. The number of carboxylic acids is 1. The summed E-state index contributed by atoms with van der Waals surface area (Å²) in [6.45, 7) is 0. The van der Waals surface area contributed by atoms with E-state index >= 15 is 0 Å². The molecule has 64 valence electrons. The van der Waals surface area contributed by atoms with Gasteiger partial charge in [-0.3, -0.25) is 4.79 Å². The van der Waals surface area contributed by atoms with Crippen LogP contribution in [-0.2, 0) is 4.79 Å². The fourth-order valence-electron chi connectivity index (χ4n) is 1.33. The second-order valence-corrected chi connectivity index (χ2v) is 2.93. The van der Waals surface area contributed by atoms with E-state index in [9.17, 15) is 9.18 Å². The molecule has 1 saturated carbocycles. The molecular weight excluding hydrogens is 151 g/mol. The molecule has 4 heteroatoms. The van der Waals surface area contributed by atoms with Crippen LogP contribution in [0, 0.1) is 5.92 Å². The molecule has 2 N–H and O–H groups in total. The average Bonchev–Trinajstić information content (AvgIpc) is 1.94. The van der Waals surface area contributed by atoms with Gasteiger partial charge in [-0.15, -0.1) is 0 Å². The van der Waals surface area contributed by atoms with Gasteiger partial charge in [0.05, 0.1) is 12.0 Å². The highest BCUT2D eigenvalue weighted by Crippen LogP contribution is 2.26. The van der Waals surface area contributed by atoms with Crippen LogP contribution in [0.5, 0.6) is 0 Å². The van der Waals surface area contributed by atoms with E-state index in [1.807, 2.05) is 0 Å². The minimum atomic E-state index is -1.23. The lowest BCUT2D eigenvalue weighted by Gasteiger charge is -2.25. The van der Waals surface area contributed by atoms with Crippen molar-refractivity contribution in [2.24, 2.45) is 5.92 Å². The number of hydrogen-bond donors (Lipinski definition) is 2. The number of halogens is 1. The number of aliphatic hydroxyl groups excluding tert-OH is 1. The Morgan fingerprint density at radius 1 is 1.45 bits per heavy atom. The van der Waals surface area contributed by atoms with Gasteiger partial charge in [0.15, 0.2) is 0 Å². The van der Waals surface area contributed by atoms with Crippen molar-refractivity contribution in [3.05, 3.63) is 0 Å². The van der Waals surface area contributed by atoms with Crippen molar-refractivity contribution in [1.82, 2.24) is 0 Å². The molecule has 0 spiro atoms. The summed E-state index contributed by atoms with van der Waals surface area (Å²) in [5.41, 5.74) is 0. The summed E-state index contributed by atoms with van der Waals surface area (Å²) in [5.74, 6) is -1.49. The molecule has 0 saturated heterocycles. The van der Waals surface area contributed by atoms with Crippen LogP contribution in [0.4, 0.5) is 4.39 Å². The van der Waals surface area contributed by atoms with Crippen molar-refractivity contribution in [2.45, 2.75) is 31.5 Å². The van der Waals surface area contributed by atoms with Gasteiger partial charge in [-0.1, -0.05) is 0 Å². The quantitative estimate of drug-likeness (QED) is 0.592. The number of carboxylic acid groups (broad SMARTS) is 1. The van der Waals surface area contributed by atoms with Gasteiger partial charge in [0.25, 0.3) is 0 Å². The zero-order valence-electron chi connectivity index (χ0n) is 6.03. The Morgan fingerprint density at radius 3 is 2.55 bits per heavy atom. The summed E-state index contributed by atoms with van der Waals surface area (Å²) in [6, 6.07) is 0. The van der Waals surface area contributed by atoms with Crippen molar-refractivity contribution >= 4 is 5.97 Å². The van der Waals surface area contributed by atoms with Crippen molar-refractivity contribution in [3.8, 4) is 0 Å². The molecule has 11 heavy (non-hydrogen) atoms. The monoisotopic (exact) mass is 162 g/mol. The van der Waals surface area contributed by atoms with Crippen molar-refractivity contribution in [2.75, 3.05) is 0 Å². The van der Waals surface area contributed by atoms with Gasteiger partial charge in [0.2, 0.25) is 0 Å². The van der Waals surface area contributed by atoms with E-state index < -0.39 is 24.2 Å². The fraction of sp³-hybridized carbons (Fsp3) is 0.857. The van der Waals surface area contributed by atoms with Crippen LogP contribution < -0.4 is 0 Å². The van der Waals surface area contributed by atoms with E-state index in [0.29, 0.717) is 6.42 Å². The van der Waals surface area contributed by atoms with Crippen LogP contribution in [0.2, 0.25) is 0 Å². The van der Waals surface area contributed by atoms with Crippen LogP contribution >= 0.6 is 0 Å². The first-order valence-corrected chi connectivity index (χ1v) is 3.66. The summed E-state index contributed by atoms with van der Waals surface area (Å²) in [4.78, 5) is 10.4. The predicted octanol–water partition coefficient (Wildman–Crippen LogP) is 0.570. The van der Waals surface area contributed by atoms with E-state index in [0.717, 1.165) is 0 Å². The lowest BCUT2D eigenvalue weighted by molar-refractivity contribution is -0.145. The van der Waals surface area contributed by atoms with Crippen LogP contribution in [0.15, 0.2) is 0 Å². The largest absolute Gasteiger partial charge is 0.481 e. The lowest BCUT2D eigenvalue weighted by Crippen LogP contribution is -2.33. The molecule has 1 fully saturated rings. The third-order valence-corrected chi connectivity index (χ3v) is 2.08. The van der Waals surface area contributed by atoms with E-state index in [1.165, 1.54) is 0 Å². The van der Waals surface area contributed by atoms with Gasteiger partial charge in [-0.25, -0.2) is 4.39 Å². The summed E-state index contributed by atoms with van der Waals surface area (Å²) in [6.07, 6.45) is -1.75. The second-order valence-electron chi connectivity index (χ2n) is 2.93. The standard InChI is InChI=1S/C7H11FO3/c8-5-2-1-4(7(10)11)3-6(5)9/h4-6,9H,1-3H2,(H,10,11)/t4?,5?,6-/m0/s1. The molecule has 0 aromatic carbocycles. The maximum absolute atomic E-state index is 12.6. The van der Waals surface area contributed by atoms with Crippen LogP contribution in [-0.4, -0.2) is 28.5 Å². The van der Waals surface area contributed by atoms with E-state index in [1.54, 1.807) is 0 Å². The Morgan fingerprint density at radius 2 is 2.09 bits per heavy atom. The minimum absolute atomic E-state index is 0.0521. The van der Waals surface area contributed by atoms with Crippen LogP contribution in [0.3, 0.4) is 0 Å². The molecule has 0 aliphatic heterocycles. The third kappa shape index (κ3) is 1.89. The Kier molecular flexibility index (Phi) is 2.44. The Hall–Kier alpha value is -0.640. The molecule has 1 aliphatic carbocycles. The fourth-order valence-corrected chi connectivity index (χ4v) is 1.33. The molecular formula is C7H11FO3. The molecule has 0 bridgehead atoms. The summed E-state index contributed by atoms with van der Waals surface area (Å²) in [7, 11) is 0. The van der Waals surface area contributed by atoms with Gasteiger partial charge < -0.3 is 10.2 Å². The molecule has 2 unspecified atom stereocenters.